The van der Waals surface area contributed by atoms with E-state index in [2.05, 4.69) is 5.32 Å². The van der Waals surface area contributed by atoms with E-state index in [-0.39, 0.29) is 5.91 Å². The number of rotatable bonds is 4. The van der Waals surface area contributed by atoms with Gasteiger partial charge in [0.15, 0.2) is 0 Å². The van der Waals surface area contributed by atoms with Gasteiger partial charge < -0.3 is 15.3 Å². The number of carbonyl (C=O) groups is 1. The van der Waals surface area contributed by atoms with Crippen LogP contribution >= 0.6 is 0 Å². The summed E-state index contributed by atoms with van der Waals surface area (Å²) in [6, 6.07) is 7.32. The Balaban J connectivity index is 2.89. The number of amides is 1. The number of para-hydroxylation sites is 1. The van der Waals surface area contributed by atoms with Crippen LogP contribution in [0.15, 0.2) is 24.3 Å². The smallest absolute Gasteiger partial charge is 0.255 e. The molecule has 0 aliphatic rings. The number of carbonyl (C=O) groups excluding carboxylic acids is 1. The molecule has 0 saturated heterocycles. The standard InChI is InChI=1S/C13H20N2O2/c1-13(2,17)9-15(4)12(16)10-7-5-6-8-11(10)14-3/h5-8,14,17H,9H2,1-4H3. The van der Waals surface area contributed by atoms with Gasteiger partial charge in [-0.15, -0.1) is 0 Å². The second kappa shape index (κ2) is 5.19. The lowest BCUT2D eigenvalue weighted by molar-refractivity contribution is 0.0368. The van der Waals surface area contributed by atoms with Crippen molar-refractivity contribution in [3.63, 3.8) is 0 Å². The van der Waals surface area contributed by atoms with Crippen LogP contribution in [0.1, 0.15) is 24.2 Å². The van der Waals surface area contributed by atoms with Crippen molar-refractivity contribution in [1.82, 2.24) is 4.90 Å². The minimum atomic E-state index is -0.890. The Labute approximate surface area is 102 Å². The summed E-state index contributed by atoms with van der Waals surface area (Å²) in [6.07, 6.45) is 0. The molecule has 0 spiro atoms. The predicted molar refractivity (Wildman–Crippen MR) is 69.2 cm³/mol. The topological polar surface area (TPSA) is 52.6 Å². The van der Waals surface area contributed by atoms with Crippen molar-refractivity contribution in [3.8, 4) is 0 Å². The third kappa shape index (κ3) is 3.75. The van der Waals surface area contributed by atoms with Crippen LogP contribution in [0.5, 0.6) is 0 Å². The van der Waals surface area contributed by atoms with Gasteiger partial charge in [-0.1, -0.05) is 12.1 Å². The van der Waals surface area contributed by atoms with Gasteiger partial charge in [0.2, 0.25) is 0 Å². The van der Waals surface area contributed by atoms with Gasteiger partial charge in [-0.05, 0) is 26.0 Å². The summed E-state index contributed by atoms with van der Waals surface area (Å²) in [7, 11) is 3.47. The lowest BCUT2D eigenvalue weighted by atomic mass is 10.1. The molecule has 0 heterocycles. The molecule has 94 valence electrons. The van der Waals surface area contributed by atoms with Crippen molar-refractivity contribution >= 4 is 11.6 Å². The number of benzene rings is 1. The molecule has 0 aliphatic carbocycles. The molecule has 1 aromatic carbocycles. The predicted octanol–water partition coefficient (Wildman–Crippen LogP) is 1.57. The Morgan fingerprint density at radius 2 is 2.00 bits per heavy atom. The average Bonchev–Trinajstić information content (AvgIpc) is 2.25. The lowest BCUT2D eigenvalue weighted by Crippen LogP contribution is -2.39. The van der Waals surface area contributed by atoms with Gasteiger partial charge in [0.25, 0.3) is 5.91 Å². The molecule has 0 aromatic heterocycles. The molecule has 0 saturated carbocycles. The highest BCUT2D eigenvalue weighted by molar-refractivity contribution is 5.99. The summed E-state index contributed by atoms with van der Waals surface area (Å²) in [6.45, 7) is 3.66. The van der Waals surface area contributed by atoms with Crippen molar-refractivity contribution in [2.75, 3.05) is 26.0 Å². The largest absolute Gasteiger partial charge is 0.389 e. The van der Waals surface area contributed by atoms with Crippen LogP contribution in [0.3, 0.4) is 0 Å². The summed E-state index contributed by atoms with van der Waals surface area (Å²) in [5, 5.41) is 12.7. The van der Waals surface area contributed by atoms with E-state index in [0.717, 1.165) is 5.69 Å². The number of nitrogens with zero attached hydrogens (tertiary/aromatic N) is 1. The van der Waals surface area contributed by atoms with Crippen molar-refractivity contribution in [2.24, 2.45) is 0 Å². The number of anilines is 1. The van der Waals surface area contributed by atoms with Crippen molar-refractivity contribution < 1.29 is 9.90 Å². The van der Waals surface area contributed by atoms with Gasteiger partial charge >= 0.3 is 0 Å². The average molecular weight is 236 g/mol. The highest BCUT2D eigenvalue weighted by Gasteiger charge is 2.21. The third-order valence-electron chi connectivity index (χ3n) is 2.40. The maximum absolute atomic E-state index is 12.2. The van der Waals surface area contributed by atoms with Crippen LogP contribution in [-0.2, 0) is 0 Å². The van der Waals surface area contributed by atoms with Crippen molar-refractivity contribution in [2.45, 2.75) is 19.4 Å². The van der Waals surface area contributed by atoms with E-state index in [9.17, 15) is 9.90 Å². The molecule has 0 atom stereocenters. The van der Waals surface area contributed by atoms with Crippen molar-refractivity contribution in [3.05, 3.63) is 29.8 Å². The molecule has 0 fully saturated rings. The van der Waals surface area contributed by atoms with E-state index in [1.165, 1.54) is 4.90 Å². The Morgan fingerprint density at radius 1 is 1.41 bits per heavy atom. The Morgan fingerprint density at radius 3 is 2.53 bits per heavy atom. The number of likely N-dealkylation sites (N-methyl/N-ethyl adjacent to an activating group) is 1. The molecule has 17 heavy (non-hydrogen) atoms. The maximum atomic E-state index is 12.2. The Hall–Kier alpha value is -1.55. The molecule has 2 N–H and O–H groups in total. The first kappa shape index (κ1) is 13.5. The van der Waals surface area contributed by atoms with E-state index in [1.807, 2.05) is 18.2 Å². The first-order chi connectivity index (χ1) is 7.85. The highest BCUT2D eigenvalue weighted by Crippen LogP contribution is 2.17. The number of aliphatic hydroxyl groups is 1. The normalized spacial score (nSPS) is 11.1. The van der Waals surface area contributed by atoms with Crippen LogP contribution in [-0.4, -0.2) is 42.2 Å². The number of nitrogens with one attached hydrogen (secondary N) is 1. The van der Waals surface area contributed by atoms with E-state index in [4.69, 9.17) is 0 Å². The fourth-order valence-corrected chi connectivity index (χ4v) is 1.75. The monoisotopic (exact) mass is 236 g/mol. The van der Waals surface area contributed by atoms with E-state index >= 15 is 0 Å². The van der Waals surface area contributed by atoms with E-state index < -0.39 is 5.60 Å². The SMILES string of the molecule is CNc1ccccc1C(=O)N(C)CC(C)(C)O. The second-order valence-electron chi connectivity index (χ2n) is 4.77. The summed E-state index contributed by atoms with van der Waals surface area (Å²) in [5.74, 6) is -0.0999. The van der Waals surface area contributed by atoms with Gasteiger partial charge in [-0.25, -0.2) is 0 Å². The van der Waals surface area contributed by atoms with Gasteiger partial charge in [0, 0.05) is 26.3 Å². The summed E-state index contributed by atoms with van der Waals surface area (Å²) in [5.41, 5.74) is 0.515. The first-order valence-electron chi connectivity index (χ1n) is 5.60. The maximum Gasteiger partial charge on any atom is 0.255 e. The molecule has 1 amide bonds. The molecular formula is C13H20N2O2. The quantitative estimate of drug-likeness (QED) is 0.834. The van der Waals surface area contributed by atoms with Crippen LogP contribution in [0.25, 0.3) is 0 Å². The van der Waals surface area contributed by atoms with Crippen LogP contribution < -0.4 is 5.32 Å². The van der Waals surface area contributed by atoms with Gasteiger partial charge in [-0.3, -0.25) is 4.79 Å². The Kier molecular flexibility index (Phi) is 4.12. The van der Waals surface area contributed by atoms with Crippen LogP contribution in [0.2, 0.25) is 0 Å². The summed E-state index contributed by atoms with van der Waals surface area (Å²) in [4.78, 5) is 13.7. The summed E-state index contributed by atoms with van der Waals surface area (Å²) < 4.78 is 0. The van der Waals surface area contributed by atoms with Gasteiger partial charge in [-0.2, -0.15) is 0 Å². The molecule has 0 unspecified atom stereocenters. The third-order valence-corrected chi connectivity index (χ3v) is 2.40. The zero-order valence-electron chi connectivity index (χ0n) is 10.8. The van der Waals surface area contributed by atoms with Gasteiger partial charge in [0.1, 0.15) is 0 Å². The van der Waals surface area contributed by atoms with Crippen LogP contribution in [0, 0.1) is 0 Å². The molecule has 1 aromatic rings. The molecule has 0 radical (unpaired) electrons. The fourth-order valence-electron chi connectivity index (χ4n) is 1.75. The minimum Gasteiger partial charge on any atom is -0.389 e. The van der Waals surface area contributed by atoms with Crippen molar-refractivity contribution in [1.29, 1.82) is 0 Å². The second-order valence-corrected chi connectivity index (χ2v) is 4.77. The molecule has 1 rings (SSSR count). The van der Waals surface area contributed by atoms with Gasteiger partial charge in [0.05, 0.1) is 11.2 Å². The lowest BCUT2D eigenvalue weighted by Gasteiger charge is -2.26. The molecule has 0 bridgehead atoms. The summed E-state index contributed by atoms with van der Waals surface area (Å²) >= 11 is 0. The Bertz CT molecular complexity index is 397. The van der Waals surface area contributed by atoms with Crippen LogP contribution in [0.4, 0.5) is 5.69 Å². The highest BCUT2D eigenvalue weighted by atomic mass is 16.3. The fraction of sp³-hybridized carbons (Fsp3) is 0.462. The molecular weight excluding hydrogens is 216 g/mol. The molecule has 4 nitrogen and oxygen atoms in total. The van der Waals surface area contributed by atoms with E-state index in [1.54, 1.807) is 34.0 Å². The zero-order chi connectivity index (χ0) is 13.1. The number of hydrogen-bond acceptors (Lipinski definition) is 3. The first-order valence-corrected chi connectivity index (χ1v) is 5.60. The minimum absolute atomic E-state index is 0.0999. The zero-order valence-corrected chi connectivity index (χ0v) is 10.8. The number of hydrogen-bond donors (Lipinski definition) is 2. The molecule has 4 heteroatoms. The molecule has 0 aliphatic heterocycles. The van der Waals surface area contributed by atoms with E-state index in [0.29, 0.717) is 12.1 Å².